The lowest BCUT2D eigenvalue weighted by molar-refractivity contribution is -0.142. The Bertz CT molecular complexity index is 2090. The summed E-state index contributed by atoms with van der Waals surface area (Å²) in [5.41, 5.74) is 26.3. The normalized spacial score (nSPS) is 13.8. The molecule has 0 saturated heterocycles. The largest absolute Gasteiger partial charge is 0.481 e. The molecule has 25 N–H and O–H groups in total. The maximum atomic E-state index is 12.3. The van der Waals surface area contributed by atoms with Crippen molar-refractivity contribution in [3.63, 3.8) is 0 Å². The minimum absolute atomic E-state index is 0.0231. The van der Waals surface area contributed by atoms with Crippen molar-refractivity contribution < 1.29 is 104 Å². The summed E-state index contributed by atoms with van der Waals surface area (Å²) >= 11 is 0. The molecule has 402 valence electrons. The van der Waals surface area contributed by atoms with E-state index in [0.717, 1.165) is 0 Å². The number of aromatic amines is 1. The number of nitrogen functional groups attached to an aromatic ring is 1. The van der Waals surface area contributed by atoms with E-state index in [9.17, 15) is 57.5 Å². The molecule has 5 unspecified atom stereocenters. The predicted molar refractivity (Wildman–Crippen MR) is 246 cm³/mol. The summed E-state index contributed by atoms with van der Waals surface area (Å²) in [7, 11) is 0. The minimum atomic E-state index is -1.30. The number of carboxylic acid groups (broad SMARTS) is 10. The van der Waals surface area contributed by atoms with Crippen molar-refractivity contribution in [2.24, 2.45) is 22.9 Å². The molecule has 1 aliphatic heterocycles. The van der Waals surface area contributed by atoms with E-state index in [0.29, 0.717) is 30.3 Å². The maximum Gasteiger partial charge on any atom is 0.326 e. The van der Waals surface area contributed by atoms with Crippen LogP contribution in [0.5, 0.6) is 0 Å². The highest BCUT2D eigenvalue weighted by molar-refractivity contribution is 5.97. The van der Waals surface area contributed by atoms with Gasteiger partial charge in [-0.1, -0.05) is 0 Å². The van der Waals surface area contributed by atoms with Gasteiger partial charge in [-0.15, -0.1) is 0 Å². The molecule has 0 saturated carbocycles. The van der Waals surface area contributed by atoms with Crippen LogP contribution in [0.3, 0.4) is 0 Å². The zero-order valence-corrected chi connectivity index (χ0v) is 38.0. The average Bonchev–Trinajstić information content (AvgIpc) is 3.29. The highest BCUT2D eigenvalue weighted by atomic mass is 16.4. The van der Waals surface area contributed by atoms with Crippen molar-refractivity contribution >= 4 is 88.7 Å². The van der Waals surface area contributed by atoms with Crippen molar-refractivity contribution in [2.75, 3.05) is 34.8 Å². The molecule has 0 bridgehead atoms. The molecule has 33 heteroatoms. The standard InChI is InChI=1S/C19H23N7O6.4C5H9NO4/c20-19-25-15-14(17(30)26-19)23-11(8-22-15)7-21-10-3-1-9(2-4-10)16(29)24-12(18(31)32)5-6-13(27)28;4*6-3(5(9)10)1-2-4(7)8/h1-4,11-12,21,23H,5-8H2,(H,24,29)(H,27,28)(H,31,32)(H4,20,22,25,26,30);4*3H,1-2,6H2,(H,7,8)(H,9,10)/t11?,12-;;;;/m0..../s1. The van der Waals surface area contributed by atoms with E-state index in [1.54, 1.807) is 12.1 Å². The second-order valence-electron chi connectivity index (χ2n) is 14.7. The van der Waals surface area contributed by atoms with Crippen molar-refractivity contribution in [3.8, 4) is 0 Å². The van der Waals surface area contributed by atoms with Gasteiger partial charge in [0, 0.05) is 56.4 Å². The molecule has 3 rings (SSSR count). The van der Waals surface area contributed by atoms with Gasteiger partial charge in [-0.05, 0) is 56.4 Å². The first-order valence-corrected chi connectivity index (χ1v) is 20.7. The molecule has 33 nitrogen and oxygen atoms in total. The van der Waals surface area contributed by atoms with Gasteiger partial charge in [0.15, 0.2) is 0 Å². The predicted octanol–water partition coefficient (Wildman–Crippen LogP) is -3.23. The van der Waals surface area contributed by atoms with Gasteiger partial charge in [-0.3, -0.25) is 52.7 Å². The van der Waals surface area contributed by atoms with Crippen LogP contribution in [-0.4, -0.2) is 176 Å². The SMILES string of the molecule is NC(CCC(=O)O)C(=O)O.NC(CCC(=O)O)C(=O)O.NC(CCC(=O)O)C(=O)O.NC(CCC(=O)O)C(=O)O.Nc1nc(=O)c2c([nH]1)NCC(CNc1ccc(C(=O)N[C@@H](CCC(=O)O)C(=O)O)cc1)N2. The van der Waals surface area contributed by atoms with Crippen LogP contribution in [-0.2, 0) is 47.9 Å². The van der Waals surface area contributed by atoms with E-state index in [-0.39, 0.29) is 81.8 Å². The highest BCUT2D eigenvalue weighted by Gasteiger charge is 2.23. The average molecular weight is 1030 g/mol. The molecule has 2 aromatic rings. The minimum Gasteiger partial charge on any atom is -0.481 e. The second-order valence-corrected chi connectivity index (χ2v) is 14.7. The Kier molecular flexibility index (Phi) is 31.4. The molecular weight excluding hydrogens is 974 g/mol. The van der Waals surface area contributed by atoms with Crippen LogP contribution in [0, 0.1) is 0 Å². The number of fused-ring (bicyclic) bond motifs is 1. The van der Waals surface area contributed by atoms with Crippen molar-refractivity contribution in [1.82, 2.24) is 15.3 Å². The lowest BCUT2D eigenvalue weighted by Gasteiger charge is -2.27. The van der Waals surface area contributed by atoms with E-state index in [2.05, 4.69) is 31.2 Å². The second kappa shape index (κ2) is 34.6. The Labute approximate surface area is 405 Å². The molecule has 1 aromatic carbocycles. The Morgan fingerprint density at radius 2 is 0.931 bits per heavy atom. The first-order valence-electron chi connectivity index (χ1n) is 20.7. The molecular formula is C39H59N11O22. The Hall–Kier alpha value is -8.69. The van der Waals surface area contributed by atoms with Crippen LogP contribution in [0.25, 0.3) is 0 Å². The molecule has 0 radical (unpaired) electrons. The van der Waals surface area contributed by atoms with Crippen LogP contribution in [0.2, 0.25) is 0 Å². The van der Waals surface area contributed by atoms with E-state index < -0.39 is 101 Å². The Balaban J connectivity index is 0. The molecule has 0 fully saturated rings. The smallest absolute Gasteiger partial charge is 0.326 e. The zero-order chi connectivity index (χ0) is 55.8. The number of nitrogens with zero attached hydrogens (tertiary/aromatic N) is 1. The van der Waals surface area contributed by atoms with Crippen molar-refractivity contribution in [1.29, 1.82) is 0 Å². The molecule has 1 amide bonds. The van der Waals surface area contributed by atoms with Gasteiger partial charge in [0.25, 0.3) is 11.5 Å². The summed E-state index contributed by atoms with van der Waals surface area (Å²) in [6.07, 6.45) is -1.48. The van der Waals surface area contributed by atoms with Crippen molar-refractivity contribution in [3.05, 3.63) is 40.2 Å². The van der Waals surface area contributed by atoms with Gasteiger partial charge >= 0.3 is 59.7 Å². The topological polar surface area (TPSA) is 614 Å². The molecule has 1 aliphatic rings. The Morgan fingerprint density at radius 1 is 0.569 bits per heavy atom. The molecule has 6 atom stereocenters. The number of hydrogen-bond acceptors (Lipinski definition) is 21. The third kappa shape index (κ3) is 31.4. The number of rotatable bonds is 25. The number of aromatic nitrogens is 2. The van der Waals surface area contributed by atoms with Crippen LogP contribution in [0.4, 0.5) is 23.1 Å². The monoisotopic (exact) mass is 1030 g/mol. The zero-order valence-electron chi connectivity index (χ0n) is 38.0. The van der Waals surface area contributed by atoms with Gasteiger partial charge in [-0.2, -0.15) is 4.98 Å². The molecule has 2 heterocycles. The van der Waals surface area contributed by atoms with E-state index in [1.807, 2.05) is 0 Å². The number of carbonyl (C=O) groups excluding carboxylic acids is 1. The molecule has 1 aromatic heterocycles. The molecule has 72 heavy (non-hydrogen) atoms. The number of nitrogens with one attached hydrogen (secondary N) is 5. The number of anilines is 4. The van der Waals surface area contributed by atoms with Gasteiger partial charge < -0.3 is 106 Å². The quantitative estimate of drug-likeness (QED) is 0.0465. The first kappa shape index (κ1) is 65.4. The summed E-state index contributed by atoms with van der Waals surface area (Å²) in [6.45, 7) is 0.977. The lowest BCUT2D eigenvalue weighted by Crippen LogP contribution is -2.41. The lowest BCUT2D eigenvalue weighted by atomic mass is 10.1. The summed E-state index contributed by atoms with van der Waals surface area (Å²) in [6, 6.07) is 0.696. The van der Waals surface area contributed by atoms with Gasteiger partial charge in [0.05, 0.1) is 6.04 Å². The van der Waals surface area contributed by atoms with Crippen LogP contribution >= 0.6 is 0 Å². The number of H-pyrrole nitrogens is 1. The van der Waals surface area contributed by atoms with E-state index in [4.69, 9.17) is 79.7 Å². The number of aliphatic carboxylic acids is 10. The molecule has 0 spiro atoms. The maximum absolute atomic E-state index is 12.3. The third-order valence-corrected chi connectivity index (χ3v) is 8.71. The van der Waals surface area contributed by atoms with Crippen molar-refractivity contribution in [2.45, 2.75) is 100 Å². The number of carboxylic acids is 10. The number of amides is 1. The van der Waals surface area contributed by atoms with Gasteiger partial charge in [0.2, 0.25) is 5.95 Å². The summed E-state index contributed by atoms with van der Waals surface area (Å²) in [5.74, 6) is -11.3. The van der Waals surface area contributed by atoms with E-state index >= 15 is 0 Å². The van der Waals surface area contributed by atoms with E-state index in [1.165, 1.54) is 12.1 Å². The van der Waals surface area contributed by atoms with Gasteiger partial charge in [-0.25, -0.2) is 4.79 Å². The fourth-order valence-corrected chi connectivity index (χ4v) is 4.72. The number of nitrogens with two attached hydrogens (primary N) is 5. The fourth-order valence-electron chi connectivity index (χ4n) is 4.72. The number of benzene rings is 1. The van der Waals surface area contributed by atoms with Crippen LogP contribution in [0.15, 0.2) is 29.1 Å². The summed E-state index contributed by atoms with van der Waals surface area (Å²) in [5, 5.41) is 94.6. The molecule has 0 aliphatic carbocycles. The fraction of sp³-hybridized carbons (Fsp3) is 0.462. The highest BCUT2D eigenvalue weighted by Crippen LogP contribution is 2.20. The third-order valence-electron chi connectivity index (χ3n) is 8.71. The van der Waals surface area contributed by atoms with Crippen LogP contribution < -0.4 is 55.5 Å². The first-order chi connectivity index (χ1) is 33.4. The summed E-state index contributed by atoms with van der Waals surface area (Å²) < 4.78 is 0. The van der Waals surface area contributed by atoms with Gasteiger partial charge in [0.1, 0.15) is 41.7 Å². The number of hydrogen-bond donors (Lipinski definition) is 20. The summed E-state index contributed by atoms with van der Waals surface area (Å²) in [4.78, 5) is 132. The Morgan fingerprint density at radius 3 is 1.26 bits per heavy atom. The number of carbonyl (C=O) groups is 11. The van der Waals surface area contributed by atoms with Crippen LogP contribution in [0.1, 0.15) is 74.6 Å².